The fourth-order valence-electron chi connectivity index (χ4n) is 1.51. The maximum absolute atomic E-state index is 11.9. The van der Waals surface area contributed by atoms with Crippen LogP contribution in [0.25, 0.3) is 0 Å². The summed E-state index contributed by atoms with van der Waals surface area (Å²) in [4.78, 5) is 42.3. The molecule has 23 heavy (non-hydrogen) atoms. The number of furan rings is 1. The number of carbonyl (C=O) groups is 3. The Kier molecular flexibility index (Phi) is 5.41. The van der Waals surface area contributed by atoms with E-state index in [4.69, 9.17) is 14.6 Å². The molecule has 0 fully saturated rings. The van der Waals surface area contributed by atoms with Crippen LogP contribution in [0.1, 0.15) is 17.5 Å². The number of nitrogens with zero attached hydrogens (tertiary/aromatic N) is 2. The number of ether oxygens (including phenoxy) is 1. The van der Waals surface area contributed by atoms with Crippen LogP contribution in [0.15, 0.2) is 32.8 Å². The number of carbonyl (C=O) groups excluding carboxylic acids is 3. The lowest BCUT2D eigenvalue weighted by atomic mass is 10.3. The number of thioether (sulfide) groups is 1. The largest absolute Gasteiger partial charge is 0.465 e. The molecule has 0 spiro atoms. The zero-order valence-electron chi connectivity index (χ0n) is 12.0. The van der Waals surface area contributed by atoms with Crippen molar-refractivity contribution in [2.75, 3.05) is 12.4 Å². The van der Waals surface area contributed by atoms with Crippen LogP contribution in [-0.2, 0) is 14.3 Å². The maximum atomic E-state index is 11.9. The van der Waals surface area contributed by atoms with Crippen LogP contribution in [0, 0.1) is 5.41 Å². The fourth-order valence-corrected chi connectivity index (χ4v) is 2.16. The molecule has 9 nitrogen and oxygen atoms in total. The molecule has 0 aliphatic carbocycles. The molecule has 2 rings (SSSR count). The Bertz CT molecular complexity index is 708. The van der Waals surface area contributed by atoms with E-state index < -0.39 is 29.3 Å². The van der Waals surface area contributed by atoms with Crippen LogP contribution in [-0.4, -0.2) is 46.9 Å². The van der Waals surface area contributed by atoms with Gasteiger partial charge in [0.25, 0.3) is 5.91 Å². The molecule has 120 valence electrons. The molecule has 2 heterocycles. The first kappa shape index (κ1) is 16.6. The van der Waals surface area contributed by atoms with Gasteiger partial charge in [-0.2, -0.15) is 4.99 Å². The molecule has 1 aromatic heterocycles. The van der Waals surface area contributed by atoms with Gasteiger partial charge in [-0.05, 0) is 19.1 Å². The Balaban J connectivity index is 2.06. The predicted octanol–water partition coefficient (Wildman–Crippen LogP) is 0.620. The van der Waals surface area contributed by atoms with E-state index in [1.54, 1.807) is 6.92 Å². The summed E-state index contributed by atoms with van der Waals surface area (Å²) < 4.78 is 9.61. The number of hydrogen-bond acceptors (Lipinski definition) is 7. The monoisotopic (exact) mass is 336 g/mol. The highest BCUT2D eigenvalue weighted by Gasteiger charge is 2.26. The second-order valence-corrected chi connectivity index (χ2v) is 5.02. The minimum absolute atomic E-state index is 0.0513. The number of rotatable bonds is 4. The highest BCUT2D eigenvalue weighted by molar-refractivity contribution is 8.14. The smallest absolute Gasteiger partial charge is 0.316 e. The van der Waals surface area contributed by atoms with Gasteiger partial charge in [-0.3, -0.25) is 25.1 Å². The molecule has 0 atom stereocenters. The number of hydrogen-bond donors (Lipinski definition) is 2. The topological polar surface area (TPSA) is 134 Å². The van der Waals surface area contributed by atoms with Crippen LogP contribution in [0.5, 0.6) is 0 Å². The normalized spacial score (nSPS) is 16.0. The third-order valence-electron chi connectivity index (χ3n) is 2.45. The molecule has 0 radical (unpaired) electrons. The Morgan fingerprint density at radius 3 is 2.91 bits per heavy atom. The number of aliphatic imine (C=N–C) groups is 2. The molecule has 0 aromatic carbocycles. The van der Waals surface area contributed by atoms with Gasteiger partial charge in [0.2, 0.25) is 0 Å². The third kappa shape index (κ3) is 4.36. The lowest BCUT2D eigenvalue weighted by molar-refractivity contribution is -0.139. The standard InChI is InChI=1S/C13H12N4O5S/c1-2-21-8(18)6-23-13-16-10(14)9(12(20)17-13)15-11(19)7-4-3-5-22-7/h3-5H,2,6H2,1H3,(H2,14,16,17,20). The lowest BCUT2D eigenvalue weighted by Crippen LogP contribution is -2.43. The van der Waals surface area contributed by atoms with Crippen LogP contribution in [0.2, 0.25) is 0 Å². The summed E-state index contributed by atoms with van der Waals surface area (Å²) in [5.41, 5.74) is -0.424. The average Bonchev–Trinajstić information content (AvgIpc) is 3.03. The molecule has 0 unspecified atom stereocenters. The van der Waals surface area contributed by atoms with Crippen molar-refractivity contribution in [3.05, 3.63) is 24.2 Å². The average molecular weight is 336 g/mol. The maximum Gasteiger partial charge on any atom is 0.316 e. The highest BCUT2D eigenvalue weighted by Crippen LogP contribution is 2.09. The van der Waals surface area contributed by atoms with E-state index in [-0.39, 0.29) is 23.3 Å². The zero-order valence-corrected chi connectivity index (χ0v) is 12.8. The van der Waals surface area contributed by atoms with Gasteiger partial charge in [-0.25, -0.2) is 4.99 Å². The van der Waals surface area contributed by atoms with Crippen molar-refractivity contribution in [3.63, 3.8) is 0 Å². The van der Waals surface area contributed by atoms with E-state index in [1.165, 1.54) is 18.4 Å². The van der Waals surface area contributed by atoms with Gasteiger partial charge in [0.05, 0.1) is 18.6 Å². The van der Waals surface area contributed by atoms with Gasteiger partial charge in [-0.1, -0.05) is 11.8 Å². The predicted molar refractivity (Wildman–Crippen MR) is 82.9 cm³/mol. The second kappa shape index (κ2) is 7.49. The molecular weight excluding hydrogens is 324 g/mol. The summed E-state index contributed by atoms with van der Waals surface area (Å²) in [6.07, 6.45) is 1.29. The van der Waals surface area contributed by atoms with E-state index in [2.05, 4.69) is 15.3 Å². The SMILES string of the molecule is CCOC(=O)CSC1=NC(=N)C(=NC(=O)c2ccco2)C(=O)N1. The zero-order chi connectivity index (χ0) is 16.8. The number of amides is 2. The highest BCUT2D eigenvalue weighted by atomic mass is 32.2. The summed E-state index contributed by atoms with van der Waals surface area (Å²) in [6, 6.07) is 2.89. The molecule has 10 heteroatoms. The summed E-state index contributed by atoms with van der Waals surface area (Å²) in [6.45, 7) is 1.93. The molecular formula is C13H12N4O5S. The molecule has 1 aliphatic heterocycles. The third-order valence-corrected chi connectivity index (χ3v) is 3.30. The Labute approximate surface area is 134 Å². The Hall–Kier alpha value is -2.75. The Morgan fingerprint density at radius 2 is 2.30 bits per heavy atom. The first-order valence-electron chi connectivity index (χ1n) is 6.45. The molecule has 2 amide bonds. The van der Waals surface area contributed by atoms with Crippen LogP contribution in [0.4, 0.5) is 0 Å². The summed E-state index contributed by atoms with van der Waals surface area (Å²) in [7, 11) is 0. The second-order valence-electron chi connectivity index (χ2n) is 4.06. The van der Waals surface area contributed by atoms with Gasteiger partial charge < -0.3 is 9.15 Å². The quantitative estimate of drug-likeness (QED) is 0.774. The fraction of sp³-hybridized carbons (Fsp3) is 0.231. The molecule has 1 aliphatic rings. The molecule has 2 N–H and O–H groups in total. The minimum Gasteiger partial charge on any atom is -0.465 e. The number of esters is 1. The van der Waals surface area contributed by atoms with Crippen LogP contribution >= 0.6 is 11.8 Å². The molecule has 1 aromatic rings. The van der Waals surface area contributed by atoms with Crippen molar-refractivity contribution in [1.29, 1.82) is 5.41 Å². The van der Waals surface area contributed by atoms with Crippen molar-refractivity contribution in [1.82, 2.24) is 5.32 Å². The number of amidine groups is 2. The van der Waals surface area contributed by atoms with Gasteiger partial charge in [0, 0.05) is 0 Å². The lowest BCUT2D eigenvalue weighted by Gasteiger charge is -2.14. The van der Waals surface area contributed by atoms with Crippen LogP contribution < -0.4 is 5.32 Å². The van der Waals surface area contributed by atoms with Crippen molar-refractivity contribution in [3.8, 4) is 0 Å². The van der Waals surface area contributed by atoms with Crippen molar-refractivity contribution >= 4 is 46.3 Å². The summed E-state index contributed by atoms with van der Waals surface area (Å²) in [5.74, 6) is -2.59. The Morgan fingerprint density at radius 1 is 1.52 bits per heavy atom. The molecule has 0 bridgehead atoms. The van der Waals surface area contributed by atoms with Gasteiger partial charge in [0.1, 0.15) is 0 Å². The van der Waals surface area contributed by atoms with E-state index in [9.17, 15) is 14.4 Å². The van der Waals surface area contributed by atoms with E-state index >= 15 is 0 Å². The first-order valence-corrected chi connectivity index (χ1v) is 7.43. The number of nitrogens with one attached hydrogen (secondary N) is 2. The van der Waals surface area contributed by atoms with Crippen LogP contribution in [0.3, 0.4) is 0 Å². The summed E-state index contributed by atoms with van der Waals surface area (Å²) >= 11 is 0.916. The van der Waals surface area contributed by atoms with E-state index in [0.29, 0.717) is 0 Å². The van der Waals surface area contributed by atoms with Gasteiger partial charge in [0.15, 0.2) is 22.5 Å². The van der Waals surface area contributed by atoms with Gasteiger partial charge in [-0.15, -0.1) is 0 Å². The van der Waals surface area contributed by atoms with Gasteiger partial charge >= 0.3 is 11.9 Å². The molecule has 0 saturated heterocycles. The molecule has 0 saturated carbocycles. The minimum atomic E-state index is -0.789. The van der Waals surface area contributed by atoms with Crippen molar-refractivity contribution in [2.45, 2.75) is 6.92 Å². The van der Waals surface area contributed by atoms with Crippen molar-refractivity contribution < 1.29 is 23.5 Å². The van der Waals surface area contributed by atoms with E-state index in [0.717, 1.165) is 11.8 Å². The summed E-state index contributed by atoms with van der Waals surface area (Å²) in [5, 5.41) is 10.1. The first-order chi connectivity index (χ1) is 11.0. The van der Waals surface area contributed by atoms with Crippen molar-refractivity contribution in [2.24, 2.45) is 9.98 Å². The van der Waals surface area contributed by atoms with E-state index in [1.807, 2.05) is 0 Å².